The molecule has 20 heavy (non-hydrogen) atoms. The predicted molar refractivity (Wildman–Crippen MR) is 84.0 cm³/mol. The number of nitrogens with one attached hydrogen (secondary N) is 1. The molecule has 0 amide bonds. The first kappa shape index (κ1) is 15.7. The van der Waals surface area contributed by atoms with Crippen LogP contribution in [0, 0.1) is 0 Å². The Morgan fingerprint density at radius 2 is 2.20 bits per heavy atom. The van der Waals surface area contributed by atoms with Crippen molar-refractivity contribution >= 4 is 26.0 Å². The first-order valence-corrected chi connectivity index (χ1v) is 8.79. The van der Waals surface area contributed by atoms with Crippen LogP contribution in [0.5, 0.6) is 0 Å². The van der Waals surface area contributed by atoms with Gasteiger partial charge in [-0.3, -0.25) is 0 Å². The lowest BCUT2D eigenvalue weighted by atomic mass is 10.2. The molecule has 0 atom stereocenters. The maximum atomic E-state index is 12.8. The van der Waals surface area contributed by atoms with Gasteiger partial charge < -0.3 is 5.32 Å². The fraction of sp³-hybridized carbons (Fsp3) is 0.429. The van der Waals surface area contributed by atoms with Gasteiger partial charge in [0.1, 0.15) is 0 Å². The van der Waals surface area contributed by atoms with Crippen molar-refractivity contribution in [3.8, 4) is 0 Å². The van der Waals surface area contributed by atoms with E-state index in [0.717, 1.165) is 18.4 Å². The van der Waals surface area contributed by atoms with E-state index in [4.69, 9.17) is 0 Å². The third-order valence-corrected chi connectivity index (χ3v) is 6.14. The third-order valence-electron chi connectivity index (χ3n) is 3.23. The molecule has 0 heterocycles. The molecule has 6 heteroatoms. The monoisotopic (exact) mass is 358 g/mol. The Balaban J connectivity index is 2.41. The molecule has 1 fully saturated rings. The molecule has 0 saturated heterocycles. The van der Waals surface area contributed by atoms with Crippen molar-refractivity contribution in [2.24, 2.45) is 0 Å². The molecular formula is C14H19BrN2O2S. The molecule has 0 bridgehead atoms. The molecule has 0 aliphatic heterocycles. The van der Waals surface area contributed by atoms with E-state index in [9.17, 15) is 8.42 Å². The van der Waals surface area contributed by atoms with Crippen LogP contribution in [-0.4, -0.2) is 32.4 Å². The van der Waals surface area contributed by atoms with E-state index < -0.39 is 10.0 Å². The van der Waals surface area contributed by atoms with Crippen LogP contribution in [0.25, 0.3) is 0 Å². The highest BCUT2D eigenvalue weighted by atomic mass is 79.9. The van der Waals surface area contributed by atoms with E-state index in [0.29, 0.717) is 22.5 Å². The molecule has 1 saturated carbocycles. The summed E-state index contributed by atoms with van der Waals surface area (Å²) in [5.74, 6) is 0. The van der Waals surface area contributed by atoms with E-state index >= 15 is 0 Å². The van der Waals surface area contributed by atoms with E-state index in [2.05, 4.69) is 27.8 Å². The average Bonchev–Trinajstić information content (AvgIpc) is 3.22. The summed E-state index contributed by atoms with van der Waals surface area (Å²) in [4.78, 5) is 0.332. The summed E-state index contributed by atoms with van der Waals surface area (Å²) in [7, 11) is -1.65. The molecule has 0 aromatic heterocycles. The second kappa shape index (κ2) is 6.39. The quantitative estimate of drug-likeness (QED) is 0.761. The Kier molecular flexibility index (Phi) is 5.01. The molecule has 0 spiro atoms. The van der Waals surface area contributed by atoms with Gasteiger partial charge in [-0.2, -0.15) is 4.31 Å². The number of hydrogen-bond acceptors (Lipinski definition) is 3. The zero-order chi connectivity index (χ0) is 14.8. The Hall–Kier alpha value is -0.690. The van der Waals surface area contributed by atoms with Gasteiger partial charge in [-0.05, 0) is 53.5 Å². The van der Waals surface area contributed by atoms with Crippen molar-refractivity contribution in [1.29, 1.82) is 0 Å². The molecular weight excluding hydrogens is 340 g/mol. The van der Waals surface area contributed by atoms with Gasteiger partial charge in [0.05, 0.1) is 4.90 Å². The highest BCUT2D eigenvalue weighted by Crippen LogP contribution is 2.34. The standard InChI is InChI=1S/C14H19BrN2O2S/c1-3-8-17(12-5-6-12)20(18,19)14-9-11(10-16-2)4-7-13(14)15/h3-4,7,9,12,16H,1,5-6,8,10H2,2H3. The van der Waals surface area contributed by atoms with Gasteiger partial charge in [-0.15, -0.1) is 6.58 Å². The normalized spacial score (nSPS) is 15.6. The van der Waals surface area contributed by atoms with Crippen molar-refractivity contribution in [1.82, 2.24) is 9.62 Å². The summed E-state index contributed by atoms with van der Waals surface area (Å²) < 4.78 is 27.8. The van der Waals surface area contributed by atoms with Crippen molar-refractivity contribution < 1.29 is 8.42 Å². The molecule has 0 unspecified atom stereocenters. The van der Waals surface area contributed by atoms with Gasteiger partial charge in [0.25, 0.3) is 0 Å². The van der Waals surface area contributed by atoms with E-state index in [-0.39, 0.29) is 6.04 Å². The van der Waals surface area contributed by atoms with Crippen LogP contribution in [0.3, 0.4) is 0 Å². The van der Waals surface area contributed by atoms with Gasteiger partial charge in [0.2, 0.25) is 10.0 Å². The SMILES string of the molecule is C=CCN(C1CC1)S(=O)(=O)c1cc(CNC)ccc1Br. The van der Waals surface area contributed by atoms with Crippen molar-refractivity contribution in [3.05, 3.63) is 40.9 Å². The second-order valence-electron chi connectivity index (χ2n) is 4.89. The number of hydrogen-bond donors (Lipinski definition) is 1. The second-order valence-corrected chi connectivity index (χ2v) is 7.60. The fourth-order valence-corrected chi connectivity index (χ4v) is 4.75. The van der Waals surface area contributed by atoms with Gasteiger partial charge >= 0.3 is 0 Å². The van der Waals surface area contributed by atoms with Crippen molar-refractivity contribution in [2.45, 2.75) is 30.3 Å². The van der Waals surface area contributed by atoms with Crippen LogP contribution >= 0.6 is 15.9 Å². The van der Waals surface area contributed by atoms with E-state index in [1.54, 1.807) is 22.5 Å². The lowest BCUT2D eigenvalue weighted by molar-refractivity contribution is 0.435. The average molecular weight is 359 g/mol. The molecule has 1 aromatic carbocycles. The van der Waals surface area contributed by atoms with E-state index in [1.807, 2.05) is 13.1 Å². The van der Waals surface area contributed by atoms with Crippen LogP contribution in [0.2, 0.25) is 0 Å². The van der Waals surface area contributed by atoms with Crippen LogP contribution in [0.15, 0.2) is 40.2 Å². The molecule has 1 N–H and O–H groups in total. The fourth-order valence-electron chi connectivity index (χ4n) is 2.12. The Morgan fingerprint density at radius 3 is 2.75 bits per heavy atom. The number of rotatable bonds is 7. The summed E-state index contributed by atoms with van der Waals surface area (Å²) in [5.41, 5.74) is 0.948. The van der Waals surface area contributed by atoms with Crippen LogP contribution < -0.4 is 5.32 Å². The molecule has 110 valence electrons. The number of sulfonamides is 1. The minimum Gasteiger partial charge on any atom is -0.316 e. The summed E-state index contributed by atoms with van der Waals surface area (Å²) in [6, 6.07) is 5.56. The summed E-state index contributed by atoms with van der Waals surface area (Å²) >= 11 is 3.35. The number of nitrogens with zero attached hydrogens (tertiary/aromatic N) is 1. The Labute approximate surface area is 129 Å². The molecule has 1 aliphatic rings. The first-order valence-electron chi connectivity index (χ1n) is 6.56. The minimum absolute atomic E-state index is 0.123. The highest BCUT2D eigenvalue weighted by molar-refractivity contribution is 9.10. The summed E-state index contributed by atoms with van der Waals surface area (Å²) in [6.45, 7) is 4.66. The minimum atomic E-state index is -3.48. The topological polar surface area (TPSA) is 49.4 Å². The smallest absolute Gasteiger partial charge is 0.244 e. The largest absolute Gasteiger partial charge is 0.316 e. The number of benzene rings is 1. The Bertz CT molecular complexity index is 597. The maximum Gasteiger partial charge on any atom is 0.244 e. The van der Waals surface area contributed by atoms with Gasteiger partial charge in [-0.25, -0.2) is 8.42 Å². The molecule has 1 aliphatic carbocycles. The van der Waals surface area contributed by atoms with Gasteiger partial charge in [-0.1, -0.05) is 12.1 Å². The lowest BCUT2D eigenvalue weighted by Crippen LogP contribution is -2.33. The van der Waals surface area contributed by atoms with Crippen molar-refractivity contribution in [3.63, 3.8) is 0 Å². The molecule has 2 rings (SSSR count). The Morgan fingerprint density at radius 1 is 1.50 bits per heavy atom. The molecule has 0 radical (unpaired) electrons. The lowest BCUT2D eigenvalue weighted by Gasteiger charge is -2.21. The zero-order valence-electron chi connectivity index (χ0n) is 11.5. The van der Waals surface area contributed by atoms with E-state index in [1.165, 1.54) is 0 Å². The van der Waals surface area contributed by atoms with Crippen LogP contribution in [0.1, 0.15) is 18.4 Å². The van der Waals surface area contributed by atoms with Gasteiger partial charge in [0, 0.05) is 23.6 Å². The predicted octanol–water partition coefficient (Wildman–Crippen LogP) is 2.51. The first-order chi connectivity index (χ1) is 9.50. The third kappa shape index (κ3) is 3.31. The van der Waals surface area contributed by atoms with Crippen molar-refractivity contribution in [2.75, 3.05) is 13.6 Å². The van der Waals surface area contributed by atoms with Crippen LogP contribution in [0.4, 0.5) is 0 Å². The number of halogens is 1. The molecule has 1 aromatic rings. The zero-order valence-corrected chi connectivity index (χ0v) is 13.9. The highest BCUT2D eigenvalue weighted by Gasteiger charge is 2.38. The van der Waals surface area contributed by atoms with Gasteiger partial charge in [0.15, 0.2) is 0 Å². The summed E-state index contributed by atoms with van der Waals surface area (Å²) in [6.07, 6.45) is 3.50. The summed E-state index contributed by atoms with van der Waals surface area (Å²) in [5, 5.41) is 3.03. The van der Waals surface area contributed by atoms with Crippen LogP contribution in [-0.2, 0) is 16.6 Å². The molecule has 4 nitrogen and oxygen atoms in total. The maximum absolute atomic E-state index is 12.8.